The topological polar surface area (TPSA) is 56.5 Å². The van der Waals surface area contributed by atoms with Gasteiger partial charge in [-0.2, -0.15) is 0 Å². The molecule has 4 aromatic heterocycles. The monoisotopic (exact) mass is 657 g/mol. The molecule has 5 aromatic carbocycles. The van der Waals surface area contributed by atoms with Crippen LogP contribution in [0.3, 0.4) is 0 Å². The maximum Gasteiger partial charge on any atom is 0.226 e. The molecule has 6 heteroatoms. The lowest BCUT2D eigenvalue weighted by Crippen LogP contribution is -2.76. The van der Waals surface area contributed by atoms with Crippen LogP contribution in [0.4, 0.5) is 0 Å². The van der Waals surface area contributed by atoms with Gasteiger partial charge in [0.05, 0.1) is 28.0 Å². The maximum absolute atomic E-state index is 5.84. The molecule has 0 aliphatic heterocycles. The van der Waals surface area contributed by atoms with Crippen LogP contribution < -0.4 is 21.0 Å². The van der Waals surface area contributed by atoms with Crippen LogP contribution in [0.25, 0.3) is 50.1 Å². The number of hydrogen-bond acceptors (Lipinski definition) is 4. The van der Waals surface area contributed by atoms with Crippen LogP contribution in [0.1, 0.15) is 0 Å². The highest BCUT2D eigenvalue weighted by Crippen LogP contribution is 2.38. The van der Waals surface area contributed by atoms with Crippen LogP contribution in [-0.2, 0) is 0 Å². The van der Waals surface area contributed by atoms with E-state index in [9.17, 15) is 0 Å². The van der Waals surface area contributed by atoms with Gasteiger partial charge in [-0.05, 0) is 52.0 Å². The van der Waals surface area contributed by atoms with Gasteiger partial charge in [-0.15, -0.1) is 0 Å². The zero-order valence-corrected chi connectivity index (χ0v) is 28.1. The Kier molecular flexibility index (Phi) is 7.41. The van der Waals surface area contributed by atoms with E-state index in [2.05, 4.69) is 155 Å². The molecule has 5 nitrogen and oxygen atoms in total. The van der Waals surface area contributed by atoms with Gasteiger partial charge < -0.3 is 0 Å². The van der Waals surface area contributed by atoms with Crippen molar-refractivity contribution in [3.8, 4) is 28.3 Å². The van der Waals surface area contributed by atoms with Gasteiger partial charge in [0.1, 0.15) is 5.45 Å². The molecule has 4 heterocycles. The summed E-state index contributed by atoms with van der Waals surface area (Å²) in [5.41, 5.74) is 6.36. The van der Waals surface area contributed by atoms with Crippen LogP contribution in [-0.4, -0.2) is 32.6 Å². The fraction of sp³-hybridized carbons (Fsp3) is 0. The Balaban J connectivity index is 1.52. The minimum absolute atomic E-state index is 0.789. The highest BCUT2D eigenvalue weighted by Gasteiger charge is 2.45. The Morgan fingerprint density at radius 2 is 0.940 bits per heavy atom. The minimum atomic E-state index is -3.14. The van der Waals surface area contributed by atoms with Gasteiger partial charge in [-0.3, -0.25) is 14.5 Å². The zero-order chi connectivity index (χ0) is 33.3. The molecule has 236 valence electrons. The van der Waals surface area contributed by atoms with Crippen LogP contribution in [0, 0.1) is 0 Å². The van der Waals surface area contributed by atoms with Gasteiger partial charge in [0.25, 0.3) is 0 Å². The number of rotatable bonds is 7. The average Bonchev–Trinajstić information content (AvgIpc) is 3.54. The van der Waals surface area contributed by atoms with Crippen molar-refractivity contribution >= 4 is 50.9 Å². The van der Waals surface area contributed by atoms with Crippen LogP contribution in [0.2, 0.25) is 0 Å². The quantitative estimate of drug-likeness (QED) is 0.136. The first kappa shape index (κ1) is 29.6. The summed E-state index contributed by atoms with van der Waals surface area (Å²) in [5, 5.41) is 5.95. The molecular weight excluding hydrogens is 627 g/mol. The van der Waals surface area contributed by atoms with Crippen LogP contribution in [0.5, 0.6) is 0 Å². The Morgan fingerprint density at radius 3 is 1.46 bits per heavy atom. The normalized spacial score (nSPS) is 11.6. The fourth-order valence-corrected chi connectivity index (χ4v) is 11.8. The fourth-order valence-electron chi connectivity index (χ4n) is 7.35. The van der Waals surface area contributed by atoms with E-state index in [0.717, 1.165) is 44.8 Å². The zero-order valence-electron chi connectivity index (χ0n) is 27.1. The summed E-state index contributed by atoms with van der Waals surface area (Å²) in [7, 11) is -3.14. The summed E-state index contributed by atoms with van der Waals surface area (Å²) in [5.74, 6) is 0.789. The summed E-state index contributed by atoms with van der Waals surface area (Å²) < 4.78 is 2.31. The molecule has 0 unspecified atom stereocenters. The number of para-hydroxylation sites is 2. The predicted molar refractivity (Wildman–Crippen MR) is 206 cm³/mol. The molecule has 0 spiro atoms. The van der Waals surface area contributed by atoms with E-state index in [0.29, 0.717) is 0 Å². The molecule has 50 heavy (non-hydrogen) atoms. The Hall–Kier alpha value is -6.50. The van der Waals surface area contributed by atoms with E-state index in [1.54, 1.807) is 0 Å². The van der Waals surface area contributed by atoms with Crippen molar-refractivity contribution in [3.05, 3.63) is 188 Å². The van der Waals surface area contributed by atoms with Gasteiger partial charge >= 0.3 is 0 Å². The lowest BCUT2D eigenvalue weighted by Gasteiger charge is -2.33. The molecule has 9 aromatic rings. The summed E-state index contributed by atoms with van der Waals surface area (Å²) in [6, 6.07) is 59.7. The highest BCUT2D eigenvalue weighted by atomic mass is 28.3. The first-order chi connectivity index (χ1) is 24.8. The molecule has 0 N–H and O–H groups in total. The van der Waals surface area contributed by atoms with E-state index in [4.69, 9.17) is 15.0 Å². The number of aromatic nitrogens is 5. The molecule has 9 rings (SSSR count). The van der Waals surface area contributed by atoms with Crippen molar-refractivity contribution in [1.29, 1.82) is 0 Å². The van der Waals surface area contributed by atoms with Gasteiger partial charge in [0.15, 0.2) is 5.82 Å². The van der Waals surface area contributed by atoms with Gasteiger partial charge in [-0.1, -0.05) is 133 Å². The Morgan fingerprint density at radius 1 is 0.440 bits per heavy atom. The molecule has 0 fully saturated rings. The highest BCUT2D eigenvalue weighted by molar-refractivity contribution is 7.19. The smallest absolute Gasteiger partial charge is 0.226 e. The minimum Gasteiger partial charge on any atom is -0.293 e. The molecule has 0 aliphatic carbocycles. The van der Waals surface area contributed by atoms with Crippen molar-refractivity contribution < 1.29 is 0 Å². The molecule has 0 amide bonds. The number of hydrogen-bond donors (Lipinski definition) is 0. The molecular formula is C44H31N5Si. The van der Waals surface area contributed by atoms with E-state index in [1.165, 1.54) is 26.3 Å². The third-order valence-corrected chi connectivity index (χ3v) is 14.0. The second-order valence-corrected chi connectivity index (χ2v) is 15.9. The van der Waals surface area contributed by atoms with Crippen molar-refractivity contribution in [2.24, 2.45) is 0 Å². The van der Waals surface area contributed by atoms with Crippen molar-refractivity contribution in [2.45, 2.75) is 0 Å². The molecule has 0 saturated carbocycles. The van der Waals surface area contributed by atoms with Crippen molar-refractivity contribution in [3.63, 3.8) is 0 Å². The van der Waals surface area contributed by atoms with Crippen molar-refractivity contribution in [1.82, 2.24) is 24.5 Å². The second kappa shape index (κ2) is 12.5. The van der Waals surface area contributed by atoms with E-state index in [-0.39, 0.29) is 0 Å². The second-order valence-electron chi connectivity index (χ2n) is 12.3. The van der Waals surface area contributed by atoms with E-state index >= 15 is 0 Å². The van der Waals surface area contributed by atoms with Gasteiger partial charge in [0, 0.05) is 34.9 Å². The SMILES string of the molecule is c1ccc([Si](c2ccccc2)(c2ccccc2)c2nc(-c3ccncc3)c(-c3ccccn3)c(-n3c4ccccc4c4ccccc43)n2)cc1. The standard InChI is InChI=1S/C44H31N5Si/c1-4-16-33(17-5-1)50(34-18-6-2-7-19-34,35-20-8-3-9-21-35)44-47-42(32-27-30-45-31-28-32)41(38-24-14-15-29-46-38)43(48-44)49-39-25-12-10-22-36(39)37-23-11-13-26-40(37)49/h1-31H. The van der Waals surface area contributed by atoms with Crippen molar-refractivity contribution in [2.75, 3.05) is 0 Å². The summed E-state index contributed by atoms with van der Waals surface area (Å²) in [6.45, 7) is 0. The van der Waals surface area contributed by atoms with Crippen LogP contribution >= 0.6 is 0 Å². The van der Waals surface area contributed by atoms with Crippen LogP contribution in [0.15, 0.2) is 188 Å². The molecule has 0 saturated heterocycles. The Labute approximate surface area is 291 Å². The van der Waals surface area contributed by atoms with Gasteiger partial charge in [0.2, 0.25) is 8.07 Å². The number of nitrogens with zero attached hydrogens (tertiary/aromatic N) is 5. The number of fused-ring (bicyclic) bond motifs is 3. The average molecular weight is 658 g/mol. The summed E-state index contributed by atoms with van der Waals surface area (Å²) in [6.07, 6.45) is 5.50. The van der Waals surface area contributed by atoms with E-state index in [1.807, 2.05) is 42.9 Å². The Bertz CT molecular complexity index is 2420. The van der Waals surface area contributed by atoms with E-state index < -0.39 is 8.07 Å². The molecule has 0 bridgehead atoms. The molecule has 0 aliphatic rings. The first-order valence-corrected chi connectivity index (χ1v) is 18.7. The lowest BCUT2D eigenvalue weighted by molar-refractivity contribution is 1.06. The first-order valence-electron chi connectivity index (χ1n) is 16.7. The largest absolute Gasteiger partial charge is 0.293 e. The summed E-state index contributed by atoms with van der Waals surface area (Å²) >= 11 is 0. The third kappa shape index (κ3) is 4.77. The lowest BCUT2D eigenvalue weighted by atomic mass is 10.0. The number of benzene rings is 5. The summed E-state index contributed by atoms with van der Waals surface area (Å²) in [4.78, 5) is 20.9. The molecule has 0 radical (unpaired) electrons. The predicted octanol–water partition coefficient (Wildman–Crippen LogP) is 7.08. The van der Waals surface area contributed by atoms with Gasteiger partial charge in [-0.25, -0.2) is 9.97 Å². The molecule has 0 atom stereocenters. The third-order valence-electron chi connectivity index (χ3n) is 9.51. The maximum atomic E-state index is 5.84. The number of pyridine rings is 2.